The first-order valence-electron chi connectivity index (χ1n) is 7.89. The van der Waals surface area contributed by atoms with Gasteiger partial charge in [-0.25, -0.2) is 8.42 Å². The first-order chi connectivity index (χ1) is 11.9. The van der Waals surface area contributed by atoms with Gasteiger partial charge in [0, 0.05) is 28.1 Å². The van der Waals surface area contributed by atoms with Crippen molar-refractivity contribution in [2.24, 2.45) is 0 Å². The molecule has 25 heavy (non-hydrogen) atoms. The lowest BCUT2D eigenvalue weighted by atomic mass is 10.1. The first kappa shape index (κ1) is 18.4. The van der Waals surface area contributed by atoms with Gasteiger partial charge < -0.3 is 4.90 Å². The lowest BCUT2D eigenvalue weighted by molar-refractivity contribution is 0.0766. The Labute approximate surface area is 160 Å². The van der Waals surface area contributed by atoms with Crippen LogP contribution in [0.4, 0.5) is 0 Å². The number of amides is 1. The quantitative estimate of drug-likeness (QED) is 0.703. The van der Waals surface area contributed by atoms with Crippen LogP contribution in [0.3, 0.4) is 0 Å². The zero-order chi connectivity index (χ0) is 18.0. The van der Waals surface area contributed by atoms with Gasteiger partial charge >= 0.3 is 0 Å². The van der Waals surface area contributed by atoms with E-state index in [2.05, 4.69) is 15.9 Å². The Morgan fingerprint density at radius 3 is 2.44 bits per heavy atom. The van der Waals surface area contributed by atoms with E-state index in [4.69, 9.17) is 11.6 Å². The van der Waals surface area contributed by atoms with Crippen LogP contribution in [0.15, 0.2) is 53.0 Å². The fourth-order valence-electron chi connectivity index (χ4n) is 3.01. The monoisotopic (exact) mass is 441 g/mol. The van der Waals surface area contributed by atoms with Crippen molar-refractivity contribution in [3.05, 3.63) is 69.2 Å². The molecule has 0 aromatic heterocycles. The van der Waals surface area contributed by atoms with Gasteiger partial charge in [0.05, 0.1) is 11.0 Å². The van der Waals surface area contributed by atoms with E-state index in [9.17, 15) is 13.2 Å². The standard InChI is InChI=1S/C18H17BrClNO3S/c19-14-7-5-13(6-8-14)18(22)21-10-9-17(25(23,24)12-11-21)15-3-1-2-4-16(15)20/h1-8,17H,9-12H2. The summed E-state index contributed by atoms with van der Waals surface area (Å²) >= 11 is 9.54. The molecule has 0 aliphatic carbocycles. The van der Waals surface area contributed by atoms with E-state index in [0.29, 0.717) is 29.1 Å². The summed E-state index contributed by atoms with van der Waals surface area (Å²) in [6, 6.07) is 14.1. The molecule has 0 saturated carbocycles. The van der Waals surface area contributed by atoms with Crippen LogP contribution < -0.4 is 0 Å². The lowest BCUT2D eigenvalue weighted by Gasteiger charge is -2.20. The van der Waals surface area contributed by atoms with Gasteiger partial charge in [-0.2, -0.15) is 0 Å². The van der Waals surface area contributed by atoms with Crippen molar-refractivity contribution in [2.45, 2.75) is 11.7 Å². The second-order valence-corrected chi connectivity index (χ2v) is 9.59. The molecular weight excluding hydrogens is 426 g/mol. The average molecular weight is 443 g/mol. The Balaban J connectivity index is 1.84. The second-order valence-electron chi connectivity index (χ2n) is 5.96. The zero-order valence-electron chi connectivity index (χ0n) is 13.4. The Kier molecular flexibility index (Phi) is 5.51. The number of benzene rings is 2. The van der Waals surface area contributed by atoms with Crippen molar-refractivity contribution >= 4 is 43.3 Å². The summed E-state index contributed by atoms with van der Waals surface area (Å²) in [5, 5.41) is -0.229. The molecule has 0 radical (unpaired) electrons. The third kappa shape index (κ3) is 4.07. The smallest absolute Gasteiger partial charge is 0.253 e. The Morgan fingerprint density at radius 2 is 1.76 bits per heavy atom. The summed E-state index contributed by atoms with van der Waals surface area (Å²) < 4.78 is 26.3. The molecule has 1 amide bonds. The lowest BCUT2D eigenvalue weighted by Crippen LogP contribution is -2.33. The SMILES string of the molecule is O=C(c1ccc(Br)cc1)N1CCC(c2ccccc2Cl)S(=O)(=O)CC1. The van der Waals surface area contributed by atoms with E-state index >= 15 is 0 Å². The highest BCUT2D eigenvalue weighted by Gasteiger charge is 2.33. The first-order valence-corrected chi connectivity index (χ1v) is 10.8. The van der Waals surface area contributed by atoms with Crippen molar-refractivity contribution in [3.63, 3.8) is 0 Å². The van der Waals surface area contributed by atoms with Crippen LogP contribution in [0.1, 0.15) is 27.6 Å². The minimum absolute atomic E-state index is 0.0643. The van der Waals surface area contributed by atoms with Gasteiger partial charge in [-0.15, -0.1) is 0 Å². The largest absolute Gasteiger partial charge is 0.338 e. The Bertz CT molecular complexity index is 883. The molecule has 7 heteroatoms. The van der Waals surface area contributed by atoms with Crippen molar-refractivity contribution < 1.29 is 13.2 Å². The van der Waals surface area contributed by atoms with Crippen molar-refractivity contribution in [2.75, 3.05) is 18.8 Å². The average Bonchev–Trinajstić information content (AvgIpc) is 2.74. The molecule has 1 aliphatic heterocycles. The molecule has 1 saturated heterocycles. The normalized spacial score (nSPS) is 20.1. The highest BCUT2D eigenvalue weighted by Crippen LogP contribution is 2.34. The van der Waals surface area contributed by atoms with Crippen LogP contribution in [0.25, 0.3) is 0 Å². The van der Waals surface area contributed by atoms with Gasteiger partial charge in [0.15, 0.2) is 9.84 Å². The fraction of sp³-hybridized carbons (Fsp3) is 0.278. The van der Waals surface area contributed by atoms with Gasteiger partial charge in [0.1, 0.15) is 0 Å². The third-order valence-corrected chi connectivity index (χ3v) is 7.35. The van der Waals surface area contributed by atoms with E-state index < -0.39 is 15.1 Å². The second kappa shape index (κ2) is 7.48. The predicted molar refractivity (Wildman–Crippen MR) is 103 cm³/mol. The number of hydrogen-bond donors (Lipinski definition) is 0. The number of halogens is 2. The molecule has 1 atom stereocenters. The van der Waals surface area contributed by atoms with Crippen LogP contribution in [0.5, 0.6) is 0 Å². The number of nitrogens with zero attached hydrogens (tertiary/aromatic N) is 1. The molecule has 1 fully saturated rings. The molecule has 3 rings (SSSR count). The van der Waals surface area contributed by atoms with Gasteiger partial charge in [-0.1, -0.05) is 45.7 Å². The van der Waals surface area contributed by atoms with E-state index in [1.54, 1.807) is 53.4 Å². The summed E-state index contributed by atoms with van der Waals surface area (Å²) in [5.41, 5.74) is 1.17. The maximum absolute atomic E-state index is 12.7. The Hall–Kier alpha value is -1.37. The highest BCUT2D eigenvalue weighted by atomic mass is 79.9. The maximum Gasteiger partial charge on any atom is 0.253 e. The van der Waals surface area contributed by atoms with Crippen LogP contribution in [-0.2, 0) is 9.84 Å². The van der Waals surface area contributed by atoms with Gasteiger partial charge in [-0.3, -0.25) is 4.79 Å². The summed E-state index contributed by atoms with van der Waals surface area (Å²) in [6.07, 6.45) is 0.342. The van der Waals surface area contributed by atoms with Crippen molar-refractivity contribution in [1.82, 2.24) is 4.90 Å². The number of carbonyl (C=O) groups excluding carboxylic acids is 1. The molecule has 4 nitrogen and oxygen atoms in total. The molecule has 0 bridgehead atoms. The molecule has 2 aromatic carbocycles. The summed E-state index contributed by atoms with van der Waals surface area (Å²) in [4.78, 5) is 14.3. The molecule has 0 spiro atoms. The van der Waals surface area contributed by atoms with E-state index in [-0.39, 0.29) is 18.2 Å². The topological polar surface area (TPSA) is 54.5 Å². The molecule has 132 valence electrons. The highest BCUT2D eigenvalue weighted by molar-refractivity contribution is 9.10. The number of rotatable bonds is 2. The fourth-order valence-corrected chi connectivity index (χ4v) is 5.42. The molecule has 2 aromatic rings. The molecule has 1 heterocycles. The van der Waals surface area contributed by atoms with Crippen molar-refractivity contribution in [1.29, 1.82) is 0 Å². The molecule has 1 unspecified atom stereocenters. The van der Waals surface area contributed by atoms with Gasteiger partial charge in [0.2, 0.25) is 0 Å². The van der Waals surface area contributed by atoms with Gasteiger partial charge in [-0.05, 0) is 42.3 Å². The van der Waals surface area contributed by atoms with E-state index in [1.807, 2.05) is 0 Å². The summed E-state index contributed by atoms with van der Waals surface area (Å²) in [6.45, 7) is 0.572. The summed E-state index contributed by atoms with van der Waals surface area (Å²) in [7, 11) is -3.38. The maximum atomic E-state index is 12.7. The van der Waals surface area contributed by atoms with E-state index in [1.165, 1.54) is 0 Å². The zero-order valence-corrected chi connectivity index (χ0v) is 16.5. The van der Waals surface area contributed by atoms with Crippen LogP contribution in [0.2, 0.25) is 5.02 Å². The van der Waals surface area contributed by atoms with Crippen molar-refractivity contribution in [3.8, 4) is 0 Å². The predicted octanol–water partition coefficient (Wildman–Crippen LogP) is 4.10. The van der Waals surface area contributed by atoms with E-state index in [0.717, 1.165) is 4.47 Å². The Morgan fingerprint density at radius 1 is 1.08 bits per heavy atom. The molecular formula is C18H17BrClNO3S. The minimum atomic E-state index is -3.38. The number of hydrogen-bond acceptors (Lipinski definition) is 3. The third-order valence-electron chi connectivity index (χ3n) is 4.37. The summed E-state index contributed by atoms with van der Waals surface area (Å²) in [5.74, 6) is -0.215. The van der Waals surface area contributed by atoms with Crippen LogP contribution in [0, 0.1) is 0 Å². The number of sulfone groups is 1. The number of carbonyl (C=O) groups is 1. The van der Waals surface area contributed by atoms with Crippen LogP contribution >= 0.6 is 27.5 Å². The van der Waals surface area contributed by atoms with Gasteiger partial charge in [0.25, 0.3) is 5.91 Å². The molecule has 0 N–H and O–H groups in total. The molecule has 1 aliphatic rings. The van der Waals surface area contributed by atoms with Crippen LogP contribution in [-0.4, -0.2) is 38.1 Å². The minimum Gasteiger partial charge on any atom is -0.338 e.